The second kappa shape index (κ2) is 9.70. The van der Waals surface area contributed by atoms with Crippen LogP contribution < -0.4 is 0 Å². The third kappa shape index (κ3) is 6.88. The summed E-state index contributed by atoms with van der Waals surface area (Å²) in [6.07, 6.45) is 10.5. The summed E-state index contributed by atoms with van der Waals surface area (Å²) < 4.78 is 0. The highest BCUT2D eigenvalue weighted by molar-refractivity contribution is 9.09. The molecule has 96 valence electrons. The van der Waals surface area contributed by atoms with E-state index in [1.165, 1.54) is 62.5 Å². The lowest BCUT2D eigenvalue weighted by molar-refractivity contribution is 0.635. The van der Waals surface area contributed by atoms with Crippen molar-refractivity contribution < 1.29 is 0 Å². The van der Waals surface area contributed by atoms with Gasteiger partial charge in [0.15, 0.2) is 0 Å². The van der Waals surface area contributed by atoms with Crippen molar-refractivity contribution in [1.82, 2.24) is 0 Å². The fourth-order valence-electron chi connectivity index (χ4n) is 2.12. The molecule has 0 saturated carbocycles. The van der Waals surface area contributed by atoms with E-state index in [2.05, 4.69) is 47.1 Å². The van der Waals surface area contributed by atoms with E-state index in [-0.39, 0.29) is 0 Å². The van der Waals surface area contributed by atoms with Crippen LogP contribution in [0.4, 0.5) is 0 Å². The van der Waals surface area contributed by atoms with Crippen LogP contribution in [0.2, 0.25) is 0 Å². The van der Waals surface area contributed by atoms with Gasteiger partial charge in [0.05, 0.1) is 0 Å². The Morgan fingerprint density at radius 1 is 0.765 bits per heavy atom. The molecule has 0 heterocycles. The maximum absolute atomic E-state index is 3.47. The van der Waals surface area contributed by atoms with Crippen molar-refractivity contribution in [2.45, 2.75) is 58.3 Å². The van der Waals surface area contributed by atoms with E-state index in [1.54, 1.807) is 0 Å². The van der Waals surface area contributed by atoms with Crippen molar-refractivity contribution in [3.63, 3.8) is 0 Å². The van der Waals surface area contributed by atoms with Gasteiger partial charge in [-0.1, -0.05) is 72.8 Å². The highest BCUT2D eigenvalue weighted by Gasteiger charge is 1.95. The first-order valence-electron chi connectivity index (χ1n) is 7.00. The minimum Gasteiger partial charge on any atom is -0.0928 e. The van der Waals surface area contributed by atoms with Crippen LogP contribution in [-0.2, 0) is 12.8 Å². The second-order valence-corrected chi connectivity index (χ2v) is 5.57. The number of alkyl halides is 1. The van der Waals surface area contributed by atoms with Gasteiger partial charge in [-0.15, -0.1) is 0 Å². The first-order valence-corrected chi connectivity index (χ1v) is 8.12. The van der Waals surface area contributed by atoms with Crippen LogP contribution in [0.3, 0.4) is 0 Å². The van der Waals surface area contributed by atoms with E-state index in [4.69, 9.17) is 0 Å². The molecule has 0 spiro atoms. The molecule has 0 atom stereocenters. The topological polar surface area (TPSA) is 0 Å². The third-order valence-electron chi connectivity index (χ3n) is 3.16. The third-order valence-corrected chi connectivity index (χ3v) is 3.72. The normalized spacial score (nSPS) is 10.7. The summed E-state index contributed by atoms with van der Waals surface area (Å²) in [6, 6.07) is 9.21. The standard InChI is InChI=1S/C16H25Br/c1-2-8-15-10-12-16(13-11-15)9-6-4-3-5-7-14-17/h10-13H,2-9,14H2,1H3. The first-order chi connectivity index (χ1) is 8.36. The Bertz CT molecular complexity index is 276. The molecule has 0 fully saturated rings. The van der Waals surface area contributed by atoms with E-state index < -0.39 is 0 Å². The van der Waals surface area contributed by atoms with Crippen molar-refractivity contribution in [2.75, 3.05) is 5.33 Å². The Kier molecular flexibility index (Phi) is 8.42. The lowest BCUT2D eigenvalue weighted by atomic mass is 10.0. The molecule has 1 aromatic rings. The molecule has 0 unspecified atom stereocenters. The van der Waals surface area contributed by atoms with Gasteiger partial charge in [-0.05, 0) is 36.8 Å². The van der Waals surface area contributed by atoms with Gasteiger partial charge in [-0.2, -0.15) is 0 Å². The molecule has 0 N–H and O–H groups in total. The average molecular weight is 297 g/mol. The van der Waals surface area contributed by atoms with Gasteiger partial charge in [0, 0.05) is 5.33 Å². The molecule has 0 nitrogen and oxygen atoms in total. The molecule has 1 heteroatoms. The van der Waals surface area contributed by atoms with Gasteiger partial charge in [-0.3, -0.25) is 0 Å². The van der Waals surface area contributed by atoms with Crippen molar-refractivity contribution in [3.05, 3.63) is 35.4 Å². The number of unbranched alkanes of at least 4 members (excludes halogenated alkanes) is 4. The molecule has 0 amide bonds. The van der Waals surface area contributed by atoms with E-state index in [0.717, 1.165) is 5.33 Å². The smallest absolute Gasteiger partial charge is 0.00313 e. The number of halogens is 1. The summed E-state index contributed by atoms with van der Waals surface area (Å²) in [5.74, 6) is 0. The molecule has 1 rings (SSSR count). The summed E-state index contributed by atoms with van der Waals surface area (Å²) in [7, 11) is 0. The maximum atomic E-state index is 3.47. The highest BCUT2D eigenvalue weighted by Crippen LogP contribution is 2.11. The minimum absolute atomic E-state index is 1.16. The van der Waals surface area contributed by atoms with Crippen molar-refractivity contribution in [2.24, 2.45) is 0 Å². The van der Waals surface area contributed by atoms with Gasteiger partial charge < -0.3 is 0 Å². The number of hydrogen-bond donors (Lipinski definition) is 0. The van der Waals surface area contributed by atoms with Gasteiger partial charge in [-0.25, -0.2) is 0 Å². The number of benzene rings is 1. The summed E-state index contributed by atoms with van der Waals surface area (Å²) in [5.41, 5.74) is 2.99. The van der Waals surface area contributed by atoms with Crippen LogP contribution in [0.15, 0.2) is 24.3 Å². The monoisotopic (exact) mass is 296 g/mol. The maximum Gasteiger partial charge on any atom is 0.00313 e. The van der Waals surface area contributed by atoms with Gasteiger partial charge in [0.25, 0.3) is 0 Å². The summed E-state index contributed by atoms with van der Waals surface area (Å²) >= 11 is 3.47. The zero-order valence-electron chi connectivity index (χ0n) is 11.1. The Labute approximate surface area is 115 Å². The van der Waals surface area contributed by atoms with Crippen LogP contribution in [0.1, 0.15) is 56.6 Å². The second-order valence-electron chi connectivity index (χ2n) is 4.77. The number of rotatable bonds is 9. The van der Waals surface area contributed by atoms with Gasteiger partial charge >= 0.3 is 0 Å². The Hall–Kier alpha value is -0.300. The van der Waals surface area contributed by atoms with E-state index in [0.29, 0.717) is 0 Å². The SMILES string of the molecule is CCCc1ccc(CCCCCCCBr)cc1. The molecular formula is C16H25Br. The molecule has 0 saturated heterocycles. The lowest BCUT2D eigenvalue weighted by Crippen LogP contribution is -1.88. The zero-order chi connectivity index (χ0) is 12.3. The summed E-state index contributed by atoms with van der Waals surface area (Å²) in [5, 5.41) is 1.16. The molecule has 0 aliphatic heterocycles. The molecule has 1 aromatic carbocycles. The van der Waals surface area contributed by atoms with Crippen LogP contribution >= 0.6 is 15.9 Å². The molecule has 0 bridgehead atoms. The van der Waals surface area contributed by atoms with Crippen LogP contribution in [0.5, 0.6) is 0 Å². The zero-order valence-corrected chi connectivity index (χ0v) is 12.6. The predicted molar refractivity (Wildman–Crippen MR) is 81.0 cm³/mol. The highest BCUT2D eigenvalue weighted by atomic mass is 79.9. The quantitative estimate of drug-likeness (QED) is 0.415. The Balaban J connectivity index is 2.14. The predicted octanol–water partition coefficient (Wildman–Crippen LogP) is 5.53. The van der Waals surface area contributed by atoms with Crippen LogP contribution in [0, 0.1) is 0 Å². The summed E-state index contributed by atoms with van der Waals surface area (Å²) in [4.78, 5) is 0. The molecule has 0 aromatic heterocycles. The molecular weight excluding hydrogens is 272 g/mol. The van der Waals surface area contributed by atoms with Gasteiger partial charge in [0.2, 0.25) is 0 Å². The van der Waals surface area contributed by atoms with E-state index >= 15 is 0 Å². The lowest BCUT2D eigenvalue weighted by Gasteiger charge is -2.03. The molecule has 0 radical (unpaired) electrons. The molecule has 0 aliphatic rings. The molecule has 0 aliphatic carbocycles. The van der Waals surface area contributed by atoms with Gasteiger partial charge in [0.1, 0.15) is 0 Å². The van der Waals surface area contributed by atoms with E-state index in [9.17, 15) is 0 Å². The van der Waals surface area contributed by atoms with Crippen LogP contribution in [-0.4, -0.2) is 5.33 Å². The van der Waals surface area contributed by atoms with Crippen molar-refractivity contribution in [3.8, 4) is 0 Å². The number of hydrogen-bond acceptors (Lipinski definition) is 0. The number of aryl methyl sites for hydroxylation is 2. The minimum atomic E-state index is 1.16. The fourth-order valence-corrected chi connectivity index (χ4v) is 2.51. The van der Waals surface area contributed by atoms with E-state index in [1.807, 2.05) is 0 Å². The fraction of sp³-hybridized carbons (Fsp3) is 0.625. The van der Waals surface area contributed by atoms with Crippen molar-refractivity contribution >= 4 is 15.9 Å². The summed E-state index contributed by atoms with van der Waals surface area (Å²) in [6.45, 7) is 2.24. The Morgan fingerprint density at radius 3 is 1.88 bits per heavy atom. The molecule has 17 heavy (non-hydrogen) atoms. The first kappa shape index (κ1) is 14.8. The average Bonchev–Trinajstić information content (AvgIpc) is 2.36. The largest absolute Gasteiger partial charge is 0.0928 e. The van der Waals surface area contributed by atoms with Crippen LogP contribution in [0.25, 0.3) is 0 Å². The van der Waals surface area contributed by atoms with Crippen molar-refractivity contribution in [1.29, 1.82) is 0 Å². The Morgan fingerprint density at radius 2 is 1.29 bits per heavy atom.